The Morgan fingerprint density at radius 2 is 2.28 bits per heavy atom. The first kappa shape index (κ1) is 13.4. The summed E-state index contributed by atoms with van der Waals surface area (Å²) in [7, 11) is 0. The molecule has 0 amide bonds. The lowest BCUT2D eigenvalue weighted by molar-refractivity contribution is -0.389. The fourth-order valence-electron chi connectivity index (χ4n) is 1.32. The summed E-state index contributed by atoms with van der Waals surface area (Å²) in [6.45, 7) is 0. The number of carboxylic acid groups (broad SMARTS) is 1. The molecule has 0 saturated heterocycles. The molecule has 0 aliphatic rings. The van der Waals surface area contributed by atoms with E-state index in [0.29, 0.717) is 6.07 Å². The predicted octanol–water partition coefficient (Wildman–Crippen LogP) is 1.43. The molecule has 1 heterocycles. The number of nitriles is 1. The molecule has 0 atom stereocenters. The third kappa shape index (κ3) is 2.73. The molecule has 1 rings (SSSR count). The molecule has 1 N–H and O–H groups in total. The lowest BCUT2D eigenvalue weighted by Gasteiger charge is -2.06. The van der Waals surface area contributed by atoms with E-state index in [4.69, 9.17) is 10.4 Å². The number of nitro groups is 1. The lowest BCUT2D eigenvalue weighted by atomic mass is 10.0. The Hall–Kier alpha value is -2.63. The number of aromatic nitrogens is 1. The number of carboxylic acids is 1. The molecule has 0 fully saturated rings. The lowest BCUT2D eigenvalue weighted by Crippen LogP contribution is -2.09. The van der Waals surface area contributed by atoms with Crippen LogP contribution in [0.4, 0.5) is 14.6 Å². The van der Waals surface area contributed by atoms with Crippen LogP contribution in [0.25, 0.3) is 0 Å². The van der Waals surface area contributed by atoms with Crippen molar-refractivity contribution in [3.05, 3.63) is 33.0 Å². The zero-order chi connectivity index (χ0) is 13.9. The number of carbonyl (C=O) groups is 1. The Morgan fingerprint density at radius 3 is 2.67 bits per heavy atom. The van der Waals surface area contributed by atoms with Crippen LogP contribution in [-0.4, -0.2) is 21.0 Å². The smallest absolute Gasteiger partial charge is 0.365 e. The van der Waals surface area contributed by atoms with Gasteiger partial charge in [0, 0.05) is 6.07 Å². The Labute approximate surface area is 98.4 Å². The summed E-state index contributed by atoms with van der Waals surface area (Å²) >= 11 is 0. The number of halogens is 2. The minimum atomic E-state index is -3.14. The van der Waals surface area contributed by atoms with Crippen molar-refractivity contribution < 1.29 is 23.6 Å². The molecule has 0 aliphatic carbocycles. The van der Waals surface area contributed by atoms with Crippen molar-refractivity contribution in [3.63, 3.8) is 0 Å². The van der Waals surface area contributed by atoms with Crippen molar-refractivity contribution in [1.29, 1.82) is 5.26 Å². The molecule has 1 aromatic rings. The largest absolute Gasteiger partial charge is 0.481 e. The highest BCUT2D eigenvalue weighted by molar-refractivity contribution is 5.71. The van der Waals surface area contributed by atoms with Crippen LogP contribution in [-0.2, 0) is 11.2 Å². The van der Waals surface area contributed by atoms with Gasteiger partial charge in [0.05, 0.1) is 12.0 Å². The SMILES string of the molecule is N#Cc1nc([N+](=O)[O-])cc(CC(=O)O)c1C(F)F. The highest BCUT2D eigenvalue weighted by Crippen LogP contribution is 2.28. The Bertz CT molecular complexity index is 553. The summed E-state index contributed by atoms with van der Waals surface area (Å²) in [4.78, 5) is 23.2. The summed E-state index contributed by atoms with van der Waals surface area (Å²) in [5.74, 6) is -2.28. The Morgan fingerprint density at radius 1 is 1.67 bits per heavy atom. The standard InChI is InChI=1S/C9H5F2N3O4/c10-9(11)8-4(2-7(15)16)1-6(14(17)18)13-5(8)3-12/h1,9H,2H2,(H,15,16). The van der Waals surface area contributed by atoms with Gasteiger partial charge in [0.25, 0.3) is 12.1 Å². The van der Waals surface area contributed by atoms with E-state index < -0.39 is 46.4 Å². The molecule has 0 spiro atoms. The first-order chi connectivity index (χ1) is 8.36. The quantitative estimate of drug-likeness (QED) is 0.643. The summed E-state index contributed by atoms with van der Waals surface area (Å²) in [6, 6.07) is 1.93. The average molecular weight is 257 g/mol. The monoisotopic (exact) mass is 257 g/mol. The number of pyridine rings is 1. The van der Waals surface area contributed by atoms with Gasteiger partial charge in [0.2, 0.25) is 0 Å². The number of nitrogens with zero attached hydrogens (tertiary/aromatic N) is 3. The van der Waals surface area contributed by atoms with Crippen LogP contribution in [0.5, 0.6) is 0 Å². The van der Waals surface area contributed by atoms with Gasteiger partial charge in [-0.2, -0.15) is 5.26 Å². The second kappa shape index (κ2) is 5.13. The van der Waals surface area contributed by atoms with Crippen molar-refractivity contribution in [2.24, 2.45) is 0 Å². The molecule has 0 bridgehead atoms. The van der Waals surface area contributed by atoms with E-state index in [1.807, 2.05) is 0 Å². The predicted molar refractivity (Wildman–Crippen MR) is 51.9 cm³/mol. The Balaban J connectivity index is 3.52. The van der Waals surface area contributed by atoms with Crippen LogP contribution in [0.1, 0.15) is 23.2 Å². The van der Waals surface area contributed by atoms with Crippen LogP contribution in [0, 0.1) is 21.4 Å². The normalized spacial score (nSPS) is 10.1. The highest BCUT2D eigenvalue weighted by Gasteiger charge is 2.27. The summed E-state index contributed by atoms with van der Waals surface area (Å²) < 4.78 is 25.4. The molecule has 0 saturated carbocycles. The van der Waals surface area contributed by atoms with Gasteiger partial charge < -0.3 is 15.2 Å². The topological polar surface area (TPSA) is 117 Å². The number of rotatable bonds is 4. The number of aliphatic carboxylic acids is 1. The van der Waals surface area contributed by atoms with Crippen molar-refractivity contribution in [1.82, 2.24) is 4.98 Å². The molecule has 0 aromatic carbocycles. The second-order valence-corrected chi connectivity index (χ2v) is 3.14. The maximum atomic E-state index is 12.7. The summed E-state index contributed by atoms with van der Waals surface area (Å²) in [5, 5.41) is 27.7. The Kier molecular flexibility index (Phi) is 3.83. The molecule has 94 valence electrons. The van der Waals surface area contributed by atoms with Gasteiger partial charge in [-0.3, -0.25) is 4.79 Å². The maximum absolute atomic E-state index is 12.7. The van der Waals surface area contributed by atoms with Crippen molar-refractivity contribution in [3.8, 4) is 6.07 Å². The fourth-order valence-corrected chi connectivity index (χ4v) is 1.32. The van der Waals surface area contributed by atoms with E-state index in [9.17, 15) is 23.7 Å². The summed E-state index contributed by atoms with van der Waals surface area (Å²) in [5.41, 5.74) is -2.21. The van der Waals surface area contributed by atoms with E-state index in [0.717, 1.165) is 0 Å². The van der Waals surface area contributed by atoms with Crippen molar-refractivity contribution >= 4 is 11.8 Å². The molecule has 1 aromatic heterocycles. The third-order valence-electron chi connectivity index (χ3n) is 1.98. The minimum Gasteiger partial charge on any atom is -0.481 e. The van der Waals surface area contributed by atoms with E-state index >= 15 is 0 Å². The van der Waals surface area contributed by atoms with Crippen molar-refractivity contribution in [2.75, 3.05) is 0 Å². The first-order valence-corrected chi connectivity index (χ1v) is 4.45. The van der Waals surface area contributed by atoms with Gasteiger partial charge in [0.1, 0.15) is 6.07 Å². The number of hydrogen-bond donors (Lipinski definition) is 1. The van der Waals surface area contributed by atoms with Gasteiger partial charge in [-0.15, -0.1) is 0 Å². The minimum absolute atomic E-state index is 0.490. The van der Waals surface area contributed by atoms with Crippen LogP contribution < -0.4 is 0 Å². The van der Waals surface area contributed by atoms with Gasteiger partial charge in [-0.05, 0) is 15.5 Å². The molecule has 9 heteroatoms. The molecule has 0 radical (unpaired) electrons. The number of hydrogen-bond acceptors (Lipinski definition) is 5. The van der Waals surface area contributed by atoms with Crippen LogP contribution in [0.2, 0.25) is 0 Å². The summed E-state index contributed by atoms with van der Waals surface area (Å²) in [6.07, 6.45) is -3.99. The fraction of sp³-hybridized carbons (Fsp3) is 0.222. The molecule has 18 heavy (non-hydrogen) atoms. The van der Waals surface area contributed by atoms with Gasteiger partial charge in [-0.25, -0.2) is 8.78 Å². The van der Waals surface area contributed by atoms with Gasteiger partial charge in [-0.1, -0.05) is 0 Å². The van der Waals surface area contributed by atoms with E-state index in [1.54, 1.807) is 0 Å². The van der Waals surface area contributed by atoms with E-state index in [2.05, 4.69) is 4.98 Å². The van der Waals surface area contributed by atoms with Gasteiger partial charge >= 0.3 is 11.8 Å². The van der Waals surface area contributed by atoms with Gasteiger partial charge in [0.15, 0.2) is 0 Å². The van der Waals surface area contributed by atoms with Crippen LogP contribution >= 0.6 is 0 Å². The zero-order valence-corrected chi connectivity index (χ0v) is 8.63. The molecular formula is C9H5F2N3O4. The molecular weight excluding hydrogens is 252 g/mol. The zero-order valence-electron chi connectivity index (χ0n) is 8.63. The second-order valence-electron chi connectivity index (χ2n) is 3.14. The number of alkyl halides is 2. The van der Waals surface area contributed by atoms with E-state index in [1.165, 1.54) is 6.07 Å². The molecule has 0 aliphatic heterocycles. The first-order valence-electron chi connectivity index (χ1n) is 4.45. The van der Waals surface area contributed by atoms with Crippen molar-refractivity contribution in [2.45, 2.75) is 12.8 Å². The highest BCUT2D eigenvalue weighted by atomic mass is 19.3. The molecule has 7 nitrogen and oxygen atoms in total. The maximum Gasteiger partial charge on any atom is 0.365 e. The average Bonchev–Trinajstić information content (AvgIpc) is 2.26. The van der Waals surface area contributed by atoms with Crippen LogP contribution in [0.3, 0.4) is 0 Å². The molecule has 0 unspecified atom stereocenters. The third-order valence-corrected chi connectivity index (χ3v) is 1.98. The van der Waals surface area contributed by atoms with Crippen LogP contribution in [0.15, 0.2) is 6.07 Å². The van der Waals surface area contributed by atoms with E-state index in [-0.39, 0.29) is 0 Å².